The molecular weight excluding hydrogens is 486 g/mol. The molecule has 0 radical (unpaired) electrons. The number of terminal acetylenes is 1. The Morgan fingerprint density at radius 1 is 1.39 bits per heavy atom. The summed E-state index contributed by atoms with van der Waals surface area (Å²) in [6.45, 7) is 0.523. The minimum absolute atomic E-state index is 0.0147. The van der Waals surface area contributed by atoms with E-state index in [0.29, 0.717) is 17.4 Å². The number of carbonyl (C=O) groups is 1. The zero-order valence-electron chi connectivity index (χ0n) is 16.4. The second-order valence-corrected chi connectivity index (χ2v) is 8.42. The molecule has 1 aliphatic heterocycles. The fourth-order valence-electron chi connectivity index (χ4n) is 3.78. The van der Waals surface area contributed by atoms with Gasteiger partial charge in [-0.3, -0.25) is 4.79 Å². The van der Waals surface area contributed by atoms with Gasteiger partial charge in [0.15, 0.2) is 0 Å². The molecule has 0 aliphatic carbocycles. The number of hydrogen-bond acceptors (Lipinski definition) is 6. The van der Waals surface area contributed by atoms with Crippen LogP contribution in [0.5, 0.6) is 0 Å². The quantitative estimate of drug-likeness (QED) is 0.387. The van der Waals surface area contributed by atoms with Gasteiger partial charge in [-0.1, -0.05) is 17.5 Å². The van der Waals surface area contributed by atoms with Crippen LogP contribution in [-0.2, 0) is 9.53 Å². The van der Waals surface area contributed by atoms with Crippen molar-refractivity contribution in [1.29, 1.82) is 0 Å². The Labute approximate surface area is 192 Å². The monoisotopic (exact) mass is 503 g/mol. The Morgan fingerprint density at radius 3 is 2.94 bits per heavy atom. The Morgan fingerprint density at radius 2 is 2.23 bits per heavy atom. The summed E-state index contributed by atoms with van der Waals surface area (Å²) >= 11 is 9.80. The van der Waals surface area contributed by atoms with Gasteiger partial charge in [-0.15, -0.1) is 6.42 Å². The molecule has 1 N–H and O–H groups in total. The molecule has 10 heteroatoms. The molecule has 160 valence electrons. The van der Waals surface area contributed by atoms with Crippen molar-refractivity contribution in [3.63, 3.8) is 0 Å². The van der Waals surface area contributed by atoms with E-state index in [-0.39, 0.29) is 25.1 Å². The van der Waals surface area contributed by atoms with Crippen LogP contribution in [0, 0.1) is 12.3 Å². The molecule has 8 nitrogen and oxygen atoms in total. The molecule has 0 spiro atoms. The number of aliphatic carboxylic acids is 1. The molecule has 4 rings (SSSR count). The van der Waals surface area contributed by atoms with Crippen LogP contribution in [-0.4, -0.2) is 56.1 Å². The molecule has 0 bridgehead atoms. The predicted molar refractivity (Wildman–Crippen MR) is 121 cm³/mol. The summed E-state index contributed by atoms with van der Waals surface area (Å²) in [5, 5.41) is 14.5. The van der Waals surface area contributed by atoms with Crippen LogP contribution in [0.1, 0.15) is 19.3 Å². The predicted octanol–water partition coefficient (Wildman–Crippen LogP) is 3.69. The van der Waals surface area contributed by atoms with E-state index >= 15 is 0 Å². The molecule has 2 atom stereocenters. The van der Waals surface area contributed by atoms with Crippen molar-refractivity contribution in [3.8, 4) is 18.0 Å². The number of benzene rings is 1. The molecule has 2 aromatic heterocycles. The molecule has 31 heavy (non-hydrogen) atoms. The van der Waals surface area contributed by atoms with Crippen LogP contribution >= 0.6 is 27.5 Å². The lowest BCUT2D eigenvalue weighted by atomic mass is 10.1. The lowest BCUT2D eigenvalue weighted by molar-refractivity contribution is -0.138. The van der Waals surface area contributed by atoms with Crippen molar-refractivity contribution in [2.75, 3.05) is 18.1 Å². The number of rotatable bonds is 7. The Bertz CT molecular complexity index is 1150. The van der Waals surface area contributed by atoms with E-state index in [4.69, 9.17) is 32.9 Å². The van der Waals surface area contributed by atoms with Gasteiger partial charge in [0.05, 0.1) is 47.9 Å². The van der Waals surface area contributed by atoms with Gasteiger partial charge >= 0.3 is 5.97 Å². The van der Waals surface area contributed by atoms with Gasteiger partial charge < -0.3 is 14.7 Å². The highest BCUT2D eigenvalue weighted by atomic mass is 79.9. The molecule has 0 saturated carbocycles. The third kappa shape index (κ3) is 4.51. The molecule has 1 aliphatic rings. The molecule has 0 amide bonds. The number of fused-ring (bicyclic) bond motifs is 1. The van der Waals surface area contributed by atoms with E-state index in [9.17, 15) is 4.79 Å². The van der Waals surface area contributed by atoms with Crippen LogP contribution in [0.15, 0.2) is 35.3 Å². The van der Waals surface area contributed by atoms with Gasteiger partial charge in [0.2, 0.25) is 0 Å². The number of ether oxygens (including phenoxy) is 1. The summed E-state index contributed by atoms with van der Waals surface area (Å²) in [5.74, 6) is 2.65. The number of carboxylic acid groups (broad SMARTS) is 1. The number of anilines is 1. The van der Waals surface area contributed by atoms with Crippen molar-refractivity contribution < 1.29 is 14.6 Å². The maximum atomic E-state index is 10.8. The van der Waals surface area contributed by atoms with Crippen molar-refractivity contribution in [2.45, 2.75) is 31.3 Å². The van der Waals surface area contributed by atoms with E-state index in [1.807, 2.05) is 18.2 Å². The topological polar surface area (TPSA) is 93.4 Å². The van der Waals surface area contributed by atoms with Crippen LogP contribution < -0.4 is 4.90 Å². The zero-order chi connectivity index (χ0) is 22.0. The third-order valence-electron chi connectivity index (χ3n) is 5.21. The van der Waals surface area contributed by atoms with Crippen molar-refractivity contribution in [2.24, 2.45) is 0 Å². The van der Waals surface area contributed by atoms with Crippen LogP contribution in [0.3, 0.4) is 0 Å². The van der Waals surface area contributed by atoms with Gasteiger partial charge in [0.25, 0.3) is 0 Å². The summed E-state index contributed by atoms with van der Waals surface area (Å²) in [6, 6.07) is 5.46. The number of halogens is 2. The fraction of sp³-hybridized carbons (Fsp3) is 0.333. The Kier molecular flexibility index (Phi) is 6.41. The summed E-state index contributed by atoms with van der Waals surface area (Å²) < 4.78 is 8.03. The molecule has 1 aromatic carbocycles. The summed E-state index contributed by atoms with van der Waals surface area (Å²) in [6.07, 6.45) is 10.5. The smallest absolute Gasteiger partial charge is 0.305 e. The SMILES string of the molecule is C#C[C@H]1CC[C@@H](COCCC(=O)O)N1c1cc(-n2cncn2)c2cc(Cl)c(Br)cc2n1. The average Bonchev–Trinajstić information content (AvgIpc) is 3.41. The molecule has 1 saturated heterocycles. The highest BCUT2D eigenvalue weighted by molar-refractivity contribution is 9.10. The average molecular weight is 505 g/mol. The lowest BCUT2D eigenvalue weighted by Crippen LogP contribution is -2.39. The zero-order valence-corrected chi connectivity index (χ0v) is 18.8. The van der Waals surface area contributed by atoms with Crippen LogP contribution in [0.4, 0.5) is 5.82 Å². The fourth-order valence-corrected chi connectivity index (χ4v) is 4.27. The third-order valence-corrected chi connectivity index (χ3v) is 6.41. The molecule has 3 heterocycles. The number of aromatic nitrogens is 4. The van der Waals surface area contributed by atoms with E-state index in [1.54, 1.807) is 11.0 Å². The largest absolute Gasteiger partial charge is 0.481 e. The number of nitrogens with zero attached hydrogens (tertiary/aromatic N) is 5. The Balaban J connectivity index is 1.75. The van der Waals surface area contributed by atoms with E-state index in [0.717, 1.165) is 33.9 Å². The molecule has 0 unspecified atom stereocenters. The standard InChI is InChI=1S/C21H19BrClN5O3/c1-2-13-3-4-14(10-31-6-5-21(29)30)28(13)20-9-19(27-12-24-11-25-27)15-7-17(23)16(22)8-18(15)26-20/h1,7-9,11-14H,3-6,10H2,(H,29,30)/t13-,14-/m0/s1. The highest BCUT2D eigenvalue weighted by Crippen LogP contribution is 2.36. The molecule has 3 aromatic rings. The van der Waals surface area contributed by atoms with E-state index < -0.39 is 5.97 Å². The van der Waals surface area contributed by atoms with Crippen molar-refractivity contribution in [3.05, 3.63) is 40.3 Å². The summed E-state index contributed by atoms with van der Waals surface area (Å²) in [5.41, 5.74) is 1.51. The first-order valence-electron chi connectivity index (χ1n) is 9.66. The van der Waals surface area contributed by atoms with Crippen molar-refractivity contribution >= 4 is 50.2 Å². The molecular formula is C21H19BrClN5O3. The minimum atomic E-state index is -0.886. The number of pyridine rings is 1. The second kappa shape index (κ2) is 9.22. The number of carboxylic acids is 1. The van der Waals surface area contributed by atoms with Gasteiger partial charge in [-0.25, -0.2) is 14.6 Å². The Hall–Kier alpha value is -2.67. The first kappa shape index (κ1) is 21.6. The second-order valence-electron chi connectivity index (χ2n) is 7.16. The number of hydrogen-bond donors (Lipinski definition) is 1. The maximum absolute atomic E-state index is 10.8. The van der Waals surface area contributed by atoms with Gasteiger partial charge in [-0.05, 0) is 40.9 Å². The summed E-state index contributed by atoms with van der Waals surface area (Å²) in [7, 11) is 0. The molecule has 1 fully saturated rings. The van der Waals surface area contributed by atoms with Crippen LogP contribution in [0.25, 0.3) is 16.6 Å². The summed E-state index contributed by atoms with van der Waals surface area (Å²) in [4.78, 5) is 21.7. The van der Waals surface area contributed by atoms with Gasteiger partial charge in [0.1, 0.15) is 18.5 Å². The van der Waals surface area contributed by atoms with E-state index in [1.165, 1.54) is 6.33 Å². The minimum Gasteiger partial charge on any atom is -0.481 e. The first-order chi connectivity index (χ1) is 15.0. The lowest BCUT2D eigenvalue weighted by Gasteiger charge is -2.29. The van der Waals surface area contributed by atoms with E-state index in [2.05, 4.69) is 36.8 Å². The first-order valence-corrected chi connectivity index (χ1v) is 10.8. The highest BCUT2D eigenvalue weighted by Gasteiger charge is 2.34. The maximum Gasteiger partial charge on any atom is 0.305 e. The normalized spacial score (nSPS) is 18.4. The van der Waals surface area contributed by atoms with Gasteiger partial charge in [0, 0.05) is 15.9 Å². The van der Waals surface area contributed by atoms with Gasteiger partial charge in [-0.2, -0.15) is 5.10 Å². The van der Waals surface area contributed by atoms with Crippen LogP contribution in [0.2, 0.25) is 5.02 Å². The van der Waals surface area contributed by atoms with Crippen molar-refractivity contribution in [1.82, 2.24) is 19.7 Å².